The van der Waals surface area contributed by atoms with E-state index in [0.29, 0.717) is 16.4 Å². The van der Waals surface area contributed by atoms with Gasteiger partial charge in [-0.3, -0.25) is 10.1 Å². The largest absolute Gasteiger partial charge is 0.398 e. The van der Waals surface area contributed by atoms with Gasteiger partial charge < -0.3 is 5.73 Å². The highest BCUT2D eigenvalue weighted by atomic mass is 32.1. The third kappa shape index (κ3) is 2.41. The number of carbonyl (C=O) groups is 1. The van der Waals surface area contributed by atoms with E-state index in [4.69, 9.17) is 5.73 Å². The number of nitrogens with two attached hydrogens (primary N) is 1. The second kappa shape index (κ2) is 5.25. The number of aryl methyl sites for hydroxylation is 3. The molecule has 2 aromatic rings. The average molecular weight is 287 g/mol. The van der Waals surface area contributed by atoms with Crippen LogP contribution in [0.25, 0.3) is 0 Å². The summed E-state index contributed by atoms with van der Waals surface area (Å²) in [6.45, 7) is 1.89. The third-order valence-corrected chi connectivity index (χ3v) is 4.67. The molecule has 3 rings (SSSR count). The van der Waals surface area contributed by atoms with E-state index in [9.17, 15) is 4.79 Å². The summed E-state index contributed by atoms with van der Waals surface area (Å²) in [5.74, 6) is -0.174. The van der Waals surface area contributed by atoms with Gasteiger partial charge in [-0.05, 0) is 44.2 Å². The number of hydrogen-bond donors (Lipinski definition) is 2. The van der Waals surface area contributed by atoms with Crippen molar-refractivity contribution < 1.29 is 4.79 Å². The minimum Gasteiger partial charge on any atom is -0.398 e. The van der Waals surface area contributed by atoms with E-state index in [1.54, 1.807) is 17.4 Å². The summed E-state index contributed by atoms with van der Waals surface area (Å²) in [7, 11) is 0. The molecule has 1 aliphatic carbocycles. The summed E-state index contributed by atoms with van der Waals surface area (Å²) in [6, 6.07) is 5.48. The van der Waals surface area contributed by atoms with Gasteiger partial charge in [0, 0.05) is 10.6 Å². The molecule has 0 fully saturated rings. The van der Waals surface area contributed by atoms with Crippen molar-refractivity contribution in [1.29, 1.82) is 0 Å². The van der Waals surface area contributed by atoms with Crippen molar-refractivity contribution >= 4 is 28.1 Å². The topological polar surface area (TPSA) is 68.0 Å². The Morgan fingerprint density at radius 3 is 2.90 bits per heavy atom. The van der Waals surface area contributed by atoms with Gasteiger partial charge in [0.05, 0.1) is 11.3 Å². The highest BCUT2D eigenvalue weighted by Gasteiger charge is 2.18. The number of nitrogen functional groups attached to an aromatic ring is 1. The van der Waals surface area contributed by atoms with Crippen LogP contribution in [0.4, 0.5) is 10.8 Å². The van der Waals surface area contributed by atoms with E-state index in [0.717, 1.165) is 24.1 Å². The van der Waals surface area contributed by atoms with Gasteiger partial charge in [0.1, 0.15) is 0 Å². The lowest BCUT2D eigenvalue weighted by Gasteiger charge is -2.08. The SMILES string of the molecule is Cc1cccc(N)c1C(=O)Nc1nc2c(s1)CCCC2. The Kier molecular flexibility index (Phi) is 3.44. The zero-order valence-electron chi connectivity index (χ0n) is 11.4. The van der Waals surface area contributed by atoms with Crippen LogP contribution in [-0.4, -0.2) is 10.9 Å². The molecule has 104 valence electrons. The Morgan fingerprint density at radius 2 is 2.15 bits per heavy atom. The van der Waals surface area contributed by atoms with Crippen molar-refractivity contribution in [2.45, 2.75) is 32.6 Å². The smallest absolute Gasteiger partial charge is 0.259 e. The van der Waals surface area contributed by atoms with Gasteiger partial charge in [-0.25, -0.2) is 4.98 Å². The number of nitrogens with one attached hydrogen (secondary N) is 1. The van der Waals surface area contributed by atoms with Crippen molar-refractivity contribution in [2.75, 3.05) is 11.1 Å². The summed E-state index contributed by atoms with van der Waals surface area (Å²) >= 11 is 1.59. The molecule has 1 amide bonds. The Labute approximate surface area is 122 Å². The van der Waals surface area contributed by atoms with Crippen LogP contribution in [0, 0.1) is 6.92 Å². The first-order valence-corrected chi connectivity index (χ1v) is 7.62. The van der Waals surface area contributed by atoms with Crippen molar-refractivity contribution in [2.24, 2.45) is 0 Å². The summed E-state index contributed by atoms with van der Waals surface area (Å²) in [6.07, 6.45) is 4.51. The zero-order chi connectivity index (χ0) is 14.1. The molecule has 1 aromatic carbocycles. The fourth-order valence-electron chi connectivity index (χ4n) is 2.57. The van der Waals surface area contributed by atoms with Gasteiger partial charge in [0.25, 0.3) is 5.91 Å². The first kappa shape index (κ1) is 13.1. The lowest BCUT2D eigenvalue weighted by molar-refractivity contribution is 0.102. The second-order valence-electron chi connectivity index (χ2n) is 5.09. The predicted octanol–water partition coefficient (Wildman–Crippen LogP) is 3.16. The van der Waals surface area contributed by atoms with E-state index < -0.39 is 0 Å². The summed E-state index contributed by atoms with van der Waals surface area (Å²) in [5, 5.41) is 3.57. The molecule has 1 aromatic heterocycles. The molecule has 20 heavy (non-hydrogen) atoms. The maximum atomic E-state index is 12.3. The Balaban J connectivity index is 1.84. The molecule has 0 aliphatic heterocycles. The van der Waals surface area contributed by atoms with Crippen LogP contribution in [0.15, 0.2) is 18.2 Å². The zero-order valence-corrected chi connectivity index (χ0v) is 12.2. The third-order valence-electron chi connectivity index (χ3n) is 3.60. The van der Waals surface area contributed by atoms with E-state index in [1.807, 2.05) is 19.1 Å². The van der Waals surface area contributed by atoms with E-state index in [2.05, 4.69) is 10.3 Å². The summed E-state index contributed by atoms with van der Waals surface area (Å²) in [4.78, 5) is 18.2. The van der Waals surface area contributed by atoms with Crippen molar-refractivity contribution in [3.05, 3.63) is 39.9 Å². The number of anilines is 2. The molecule has 0 unspecified atom stereocenters. The van der Waals surface area contributed by atoms with Gasteiger partial charge in [-0.15, -0.1) is 11.3 Å². The van der Waals surface area contributed by atoms with Crippen LogP contribution in [0.3, 0.4) is 0 Å². The summed E-state index contributed by atoms with van der Waals surface area (Å²) in [5.41, 5.74) is 8.97. The molecule has 5 heteroatoms. The lowest BCUT2D eigenvalue weighted by Crippen LogP contribution is -2.15. The number of carbonyl (C=O) groups excluding carboxylic acids is 1. The van der Waals surface area contributed by atoms with Crippen molar-refractivity contribution in [3.8, 4) is 0 Å². The Bertz CT molecular complexity index is 619. The monoisotopic (exact) mass is 287 g/mol. The standard InChI is InChI=1S/C15H17N3OS/c1-9-5-4-6-10(16)13(9)14(19)18-15-17-11-7-2-3-8-12(11)20-15/h4-6H,2-3,7-8,16H2,1H3,(H,17,18,19). The van der Waals surface area contributed by atoms with Crippen LogP contribution in [0.5, 0.6) is 0 Å². The number of rotatable bonds is 2. The van der Waals surface area contributed by atoms with Gasteiger partial charge in [0.15, 0.2) is 5.13 Å². The number of benzene rings is 1. The van der Waals surface area contributed by atoms with Gasteiger partial charge >= 0.3 is 0 Å². The number of hydrogen-bond acceptors (Lipinski definition) is 4. The predicted molar refractivity (Wildman–Crippen MR) is 82.3 cm³/mol. The molecule has 4 nitrogen and oxygen atoms in total. The molecular formula is C15H17N3OS. The van der Waals surface area contributed by atoms with Crippen LogP contribution in [0.1, 0.15) is 39.3 Å². The first-order chi connectivity index (χ1) is 9.65. The fourth-order valence-corrected chi connectivity index (χ4v) is 3.61. The molecule has 1 heterocycles. The molecule has 0 saturated heterocycles. The molecule has 1 aliphatic rings. The van der Waals surface area contributed by atoms with E-state index >= 15 is 0 Å². The van der Waals surface area contributed by atoms with Crippen molar-refractivity contribution in [3.63, 3.8) is 0 Å². The highest BCUT2D eigenvalue weighted by Crippen LogP contribution is 2.30. The van der Waals surface area contributed by atoms with E-state index in [1.165, 1.54) is 17.7 Å². The van der Waals surface area contributed by atoms with Gasteiger partial charge in [-0.1, -0.05) is 12.1 Å². The minimum atomic E-state index is -0.174. The van der Waals surface area contributed by atoms with Crippen LogP contribution in [-0.2, 0) is 12.8 Å². The van der Waals surface area contributed by atoms with Crippen LogP contribution < -0.4 is 11.1 Å². The quantitative estimate of drug-likeness (QED) is 0.834. The average Bonchev–Trinajstić information content (AvgIpc) is 2.80. The van der Waals surface area contributed by atoms with Gasteiger partial charge in [0.2, 0.25) is 0 Å². The normalized spacial score (nSPS) is 13.8. The Morgan fingerprint density at radius 1 is 1.35 bits per heavy atom. The molecular weight excluding hydrogens is 270 g/mol. The van der Waals surface area contributed by atoms with Gasteiger partial charge in [-0.2, -0.15) is 0 Å². The maximum Gasteiger partial charge on any atom is 0.259 e. The molecule has 0 atom stereocenters. The van der Waals surface area contributed by atoms with Crippen LogP contribution >= 0.6 is 11.3 Å². The van der Waals surface area contributed by atoms with E-state index in [-0.39, 0.29) is 5.91 Å². The highest BCUT2D eigenvalue weighted by molar-refractivity contribution is 7.15. The molecule has 0 spiro atoms. The second-order valence-corrected chi connectivity index (χ2v) is 6.17. The number of nitrogens with zero attached hydrogens (tertiary/aromatic N) is 1. The first-order valence-electron chi connectivity index (χ1n) is 6.80. The summed E-state index contributed by atoms with van der Waals surface area (Å²) < 4.78 is 0. The lowest BCUT2D eigenvalue weighted by atomic mass is 10.0. The fraction of sp³-hybridized carbons (Fsp3) is 0.333. The van der Waals surface area contributed by atoms with Crippen molar-refractivity contribution in [1.82, 2.24) is 4.98 Å². The number of aromatic nitrogens is 1. The molecule has 0 radical (unpaired) electrons. The van der Waals surface area contributed by atoms with Crippen LogP contribution in [0.2, 0.25) is 0 Å². The minimum absolute atomic E-state index is 0.174. The number of thiazole rings is 1. The molecule has 0 bridgehead atoms. The number of fused-ring (bicyclic) bond motifs is 1. The Hall–Kier alpha value is -1.88. The maximum absolute atomic E-state index is 12.3. The molecule has 0 saturated carbocycles. The molecule has 3 N–H and O–H groups in total. The number of amides is 1.